The van der Waals surface area contributed by atoms with Crippen LogP contribution in [0.4, 0.5) is 17.1 Å². The zero-order valence-corrected chi connectivity index (χ0v) is 9.94. The predicted octanol–water partition coefficient (Wildman–Crippen LogP) is 2.49. The van der Waals surface area contributed by atoms with E-state index < -0.39 is 4.92 Å². The van der Waals surface area contributed by atoms with Crippen LogP contribution in [0.3, 0.4) is 0 Å². The largest absolute Gasteiger partial charge is 0.397 e. The number of rotatable bonds is 3. The van der Waals surface area contributed by atoms with Crippen molar-refractivity contribution in [3.63, 3.8) is 0 Å². The van der Waals surface area contributed by atoms with E-state index in [9.17, 15) is 14.9 Å². The number of nitrogens with zero attached hydrogens (tertiary/aromatic N) is 1. The van der Waals surface area contributed by atoms with Gasteiger partial charge in [0.05, 0.1) is 21.2 Å². The number of hydrogen-bond acceptors (Lipinski definition) is 5. The van der Waals surface area contributed by atoms with E-state index in [4.69, 9.17) is 5.73 Å². The van der Waals surface area contributed by atoms with E-state index in [1.165, 1.54) is 29.5 Å². The normalized spacial score (nSPS) is 10.0. The summed E-state index contributed by atoms with van der Waals surface area (Å²) in [5, 5.41) is 14.9. The molecule has 1 amide bonds. The molecule has 6 nitrogen and oxygen atoms in total. The summed E-state index contributed by atoms with van der Waals surface area (Å²) in [6.45, 7) is 0. The molecule has 0 aliphatic carbocycles. The van der Waals surface area contributed by atoms with Gasteiger partial charge in [-0.1, -0.05) is 6.07 Å². The fourth-order valence-corrected chi connectivity index (χ4v) is 1.99. The van der Waals surface area contributed by atoms with Crippen molar-refractivity contribution in [2.75, 3.05) is 11.1 Å². The molecule has 3 N–H and O–H groups in total. The first-order valence-electron chi connectivity index (χ1n) is 4.96. The molecule has 0 saturated heterocycles. The van der Waals surface area contributed by atoms with Gasteiger partial charge in [-0.05, 0) is 17.5 Å². The summed E-state index contributed by atoms with van der Waals surface area (Å²) in [6.07, 6.45) is 0. The Hall–Kier alpha value is -2.41. The van der Waals surface area contributed by atoms with Gasteiger partial charge in [0.15, 0.2) is 0 Å². The number of nitrogen functional groups attached to an aromatic ring is 1. The summed E-state index contributed by atoms with van der Waals surface area (Å²) in [7, 11) is 0. The van der Waals surface area contributed by atoms with E-state index in [-0.39, 0.29) is 17.3 Å². The second-order valence-electron chi connectivity index (χ2n) is 3.46. The molecule has 0 atom stereocenters. The maximum absolute atomic E-state index is 11.8. The van der Waals surface area contributed by atoms with Crippen LogP contribution in [0.5, 0.6) is 0 Å². The highest BCUT2D eigenvalue weighted by atomic mass is 32.1. The number of nitro benzene ring substituents is 1. The molecular formula is C11H9N3O3S. The number of carbonyl (C=O) groups is 1. The molecule has 7 heteroatoms. The van der Waals surface area contributed by atoms with Crippen LogP contribution in [0.1, 0.15) is 9.67 Å². The molecule has 0 spiro atoms. The minimum atomic E-state index is -0.540. The number of amides is 1. The third kappa shape index (κ3) is 2.46. The molecule has 2 rings (SSSR count). The van der Waals surface area contributed by atoms with E-state index in [1.54, 1.807) is 17.5 Å². The van der Waals surface area contributed by atoms with Crippen LogP contribution >= 0.6 is 11.3 Å². The molecule has 2 aromatic rings. The number of benzene rings is 1. The fourth-order valence-electron chi connectivity index (χ4n) is 1.37. The SMILES string of the molecule is Nc1cc([N+](=O)[O-])ccc1NC(=O)c1cccs1. The highest BCUT2D eigenvalue weighted by Crippen LogP contribution is 2.25. The van der Waals surface area contributed by atoms with Crippen molar-refractivity contribution in [1.29, 1.82) is 0 Å². The lowest BCUT2D eigenvalue weighted by molar-refractivity contribution is -0.384. The van der Waals surface area contributed by atoms with E-state index >= 15 is 0 Å². The number of nitro groups is 1. The van der Waals surface area contributed by atoms with Crippen molar-refractivity contribution < 1.29 is 9.72 Å². The number of carbonyl (C=O) groups excluding carboxylic acids is 1. The van der Waals surface area contributed by atoms with Crippen molar-refractivity contribution in [3.8, 4) is 0 Å². The number of anilines is 2. The number of thiophene rings is 1. The van der Waals surface area contributed by atoms with Crippen molar-refractivity contribution in [3.05, 3.63) is 50.7 Å². The molecule has 0 saturated carbocycles. The Labute approximate surface area is 106 Å². The molecule has 1 heterocycles. The van der Waals surface area contributed by atoms with Crippen LogP contribution in [0.2, 0.25) is 0 Å². The molecule has 0 aliphatic heterocycles. The monoisotopic (exact) mass is 263 g/mol. The maximum Gasteiger partial charge on any atom is 0.271 e. The quantitative estimate of drug-likeness (QED) is 0.505. The molecule has 1 aromatic carbocycles. The summed E-state index contributed by atoms with van der Waals surface area (Å²) < 4.78 is 0. The Morgan fingerprint density at radius 2 is 2.17 bits per heavy atom. The van der Waals surface area contributed by atoms with Crippen molar-refractivity contribution in [1.82, 2.24) is 0 Å². The average Bonchev–Trinajstić information content (AvgIpc) is 2.85. The average molecular weight is 263 g/mol. The van der Waals surface area contributed by atoms with Crippen LogP contribution in [0, 0.1) is 10.1 Å². The standard InChI is InChI=1S/C11H9N3O3S/c12-8-6-7(14(16)17)3-4-9(8)13-11(15)10-2-1-5-18-10/h1-6H,12H2,(H,13,15). The molecule has 18 heavy (non-hydrogen) atoms. The first kappa shape index (κ1) is 12.1. The van der Waals surface area contributed by atoms with Crippen LogP contribution in [0.25, 0.3) is 0 Å². The van der Waals surface area contributed by atoms with E-state index in [1.807, 2.05) is 0 Å². The van der Waals surface area contributed by atoms with Crippen molar-refractivity contribution in [2.45, 2.75) is 0 Å². The highest BCUT2D eigenvalue weighted by Gasteiger charge is 2.12. The number of non-ortho nitro benzene ring substituents is 1. The molecular weight excluding hydrogens is 254 g/mol. The lowest BCUT2D eigenvalue weighted by Gasteiger charge is -2.06. The van der Waals surface area contributed by atoms with Crippen LogP contribution in [-0.2, 0) is 0 Å². The first-order chi connectivity index (χ1) is 8.58. The van der Waals surface area contributed by atoms with E-state index in [2.05, 4.69) is 5.32 Å². The third-order valence-corrected chi connectivity index (χ3v) is 3.11. The van der Waals surface area contributed by atoms with Crippen molar-refractivity contribution >= 4 is 34.3 Å². The third-order valence-electron chi connectivity index (χ3n) is 2.24. The Balaban J connectivity index is 2.20. The zero-order valence-electron chi connectivity index (χ0n) is 9.12. The van der Waals surface area contributed by atoms with Crippen LogP contribution < -0.4 is 11.1 Å². The van der Waals surface area contributed by atoms with E-state index in [0.717, 1.165) is 0 Å². The summed E-state index contributed by atoms with van der Waals surface area (Å²) in [5.74, 6) is -0.287. The Bertz CT molecular complexity index is 596. The topological polar surface area (TPSA) is 98.3 Å². The lowest BCUT2D eigenvalue weighted by Crippen LogP contribution is -2.11. The minimum Gasteiger partial charge on any atom is -0.397 e. The Kier molecular flexibility index (Phi) is 3.24. The zero-order chi connectivity index (χ0) is 13.1. The Morgan fingerprint density at radius 1 is 1.39 bits per heavy atom. The Morgan fingerprint density at radius 3 is 2.72 bits per heavy atom. The maximum atomic E-state index is 11.8. The van der Waals surface area contributed by atoms with Gasteiger partial charge in [-0.25, -0.2) is 0 Å². The number of nitrogens with one attached hydrogen (secondary N) is 1. The summed E-state index contributed by atoms with van der Waals surface area (Å²) in [6, 6.07) is 7.36. The second kappa shape index (κ2) is 4.84. The van der Waals surface area contributed by atoms with Gasteiger partial charge in [0.1, 0.15) is 0 Å². The lowest BCUT2D eigenvalue weighted by atomic mass is 10.2. The number of hydrogen-bond donors (Lipinski definition) is 2. The molecule has 0 unspecified atom stereocenters. The molecule has 0 radical (unpaired) electrons. The van der Waals surface area contributed by atoms with Gasteiger partial charge in [-0.15, -0.1) is 11.3 Å². The summed E-state index contributed by atoms with van der Waals surface area (Å²) in [5.41, 5.74) is 6.06. The predicted molar refractivity (Wildman–Crippen MR) is 69.8 cm³/mol. The second-order valence-corrected chi connectivity index (χ2v) is 4.41. The molecule has 1 aromatic heterocycles. The highest BCUT2D eigenvalue weighted by molar-refractivity contribution is 7.12. The van der Waals surface area contributed by atoms with Gasteiger partial charge in [0.2, 0.25) is 0 Å². The molecule has 0 bridgehead atoms. The van der Waals surface area contributed by atoms with E-state index in [0.29, 0.717) is 10.6 Å². The molecule has 92 valence electrons. The van der Waals surface area contributed by atoms with Crippen molar-refractivity contribution in [2.24, 2.45) is 0 Å². The smallest absolute Gasteiger partial charge is 0.271 e. The number of nitrogens with two attached hydrogens (primary N) is 1. The van der Waals surface area contributed by atoms with Crippen LogP contribution in [-0.4, -0.2) is 10.8 Å². The first-order valence-corrected chi connectivity index (χ1v) is 5.84. The van der Waals surface area contributed by atoms with Gasteiger partial charge in [-0.3, -0.25) is 14.9 Å². The minimum absolute atomic E-state index is 0.110. The molecule has 0 fully saturated rings. The van der Waals surface area contributed by atoms with Gasteiger partial charge in [0.25, 0.3) is 11.6 Å². The van der Waals surface area contributed by atoms with Gasteiger partial charge >= 0.3 is 0 Å². The van der Waals surface area contributed by atoms with Crippen LogP contribution in [0.15, 0.2) is 35.7 Å². The van der Waals surface area contributed by atoms with Gasteiger partial charge in [-0.2, -0.15) is 0 Å². The summed E-state index contributed by atoms with van der Waals surface area (Å²) >= 11 is 1.30. The van der Waals surface area contributed by atoms with Gasteiger partial charge < -0.3 is 11.1 Å². The van der Waals surface area contributed by atoms with Gasteiger partial charge in [0, 0.05) is 12.1 Å². The fraction of sp³-hybridized carbons (Fsp3) is 0. The molecule has 0 aliphatic rings. The summed E-state index contributed by atoms with van der Waals surface area (Å²) in [4.78, 5) is 22.3.